The van der Waals surface area contributed by atoms with Crippen LogP contribution in [0.15, 0.2) is 48.7 Å². The first-order valence-electron chi connectivity index (χ1n) is 8.17. The summed E-state index contributed by atoms with van der Waals surface area (Å²) < 4.78 is 27.9. The van der Waals surface area contributed by atoms with Gasteiger partial charge in [0.15, 0.2) is 11.3 Å². The van der Waals surface area contributed by atoms with Gasteiger partial charge in [0.2, 0.25) is 0 Å². The van der Waals surface area contributed by atoms with Crippen molar-refractivity contribution < 1.29 is 13.6 Å². The minimum Gasteiger partial charge on any atom is -0.320 e. The van der Waals surface area contributed by atoms with Crippen LogP contribution in [0.3, 0.4) is 0 Å². The third-order valence-corrected chi connectivity index (χ3v) is 4.49. The smallest absolute Gasteiger partial charge is 0.278 e. The van der Waals surface area contributed by atoms with E-state index in [4.69, 9.17) is 11.6 Å². The number of aromatic nitrogens is 4. The molecule has 0 aliphatic heterocycles. The van der Waals surface area contributed by atoms with Gasteiger partial charge in [-0.2, -0.15) is 5.10 Å². The number of rotatable bonds is 3. The molecule has 0 aliphatic rings. The zero-order valence-corrected chi connectivity index (χ0v) is 15.2. The standard InChI is InChI=1S/C19H12ClF2N5O/c1-10-17(19(28)24-13-6-7-16(22)15(20)8-13)25-26-18-14(9-23-27(10)18)11-2-4-12(21)5-3-11/h2-9H,1H3,(H,24,28). The molecule has 0 atom stereocenters. The molecule has 2 aromatic heterocycles. The second-order valence-electron chi connectivity index (χ2n) is 6.02. The number of carbonyl (C=O) groups excluding carboxylic acids is 1. The molecule has 4 aromatic rings. The molecule has 0 radical (unpaired) electrons. The summed E-state index contributed by atoms with van der Waals surface area (Å²) >= 11 is 5.73. The maximum Gasteiger partial charge on any atom is 0.278 e. The summed E-state index contributed by atoms with van der Waals surface area (Å²) in [4.78, 5) is 12.6. The maximum atomic E-state index is 13.3. The lowest BCUT2D eigenvalue weighted by Gasteiger charge is -2.08. The maximum absolute atomic E-state index is 13.3. The Morgan fingerprint density at radius 1 is 1.11 bits per heavy atom. The van der Waals surface area contributed by atoms with Crippen LogP contribution in [0.25, 0.3) is 16.8 Å². The Bertz CT molecular complexity index is 1210. The van der Waals surface area contributed by atoms with Gasteiger partial charge >= 0.3 is 0 Å². The highest BCUT2D eigenvalue weighted by Crippen LogP contribution is 2.25. The van der Waals surface area contributed by atoms with Gasteiger partial charge in [0.05, 0.1) is 16.9 Å². The third-order valence-electron chi connectivity index (χ3n) is 4.20. The van der Waals surface area contributed by atoms with Gasteiger partial charge in [-0.05, 0) is 42.8 Å². The van der Waals surface area contributed by atoms with Gasteiger partial charge in [0, 0.05) is 11.3 Å². The van der Waals surface area contributed by atoms with Gasteiger partial charge in [0.25, 0.3) is 5.91 Å². The van der Waals surface area contributed by atoms with Crippen molar-refractivity contribution >= 4 is 28.8 Å². The molecule has 6 nitrogen and oxygen atoms in total. The van der Waals surface area contributed by atoms with Crippen molar-refractivity contribution in [2.75, 3.05) is 5.32 Å². The average molecular weight is 400 g/mol. The zero-order valence-electron chi connectivity index (χ0n) is 14.4. The van der Waals surface area contributed by atoms with E-state index in [0.717, 1.165) is 11.6 Å². The Morgan fingerprint density at radius 3 is 2.57 bits per heavy atom. The fourth-order valence-corrected chi connectivity index (χ4v) is 2.94. The number of hydrogen-bond donors (Lipinski definition) is 1. The van der Waals surface area contributed by atoms with Crippen LogP contribution in [0.5, 0.6) is 0 Å². The van der Waals surface area contributed by atoms with E-state index in [9.17, 15) is 13.6 Å². The van der Waals surface area contributed by atoms with Crippen LogP contribution in [-0.4, -0.2) is 25.7 Å². The number of hydrogen-bond acceptors (Lipinski definition) is 4. The number of carbonyl (C=O) groups is 1. The number of benzene rings is 2. The highest BCUT2D eigenvalue weighted by Gasteiger charge is 2.18. The Hall–Kier alpha value is -3.39. The van der Waals surface area contributed by atoms with Crippen molar-refractivity contribution in [3.05, 3.63) is 76.7 Å². The van der Waals surface area contributed by atoms with Gasteiger partial charge in [0.1, 0.15) is 11.6 Å². The van der Waals surface area contributed by atoms with E-state index in [1.165, 1.54) is 28.8 Å². The summed E-state index contributed by atoms with van der Waals surface area (Å²) in [6.07, 6.45) is 1.58. The number of anilines is 1. The van der Waals surface area contributed by atoms with Crippen LogP contribution in [0, 0.1) is 18.6 Å². The summed E-state index contributed by atoms with van der Waals surface area (Å²) in [5.41, 5.74) is 2.66. The molecule has 0 spiro atoms. The van der Waals surface area contributed by atoms with Crippen LogP contribution in [-0.2, 0) is 0 Å². The molecule has 140 valence electrons. The molecule has 1 N–H and O–H groups in total. The van der Waals surface area contributed by atoms with Gasteiger partial charge < -0.3 is 5.32 Å². The van der Waals surface area contributed by atoms with Crippen LogP contribution >= 0.6 is 11.6 Å². The highest BCUT2D eigenvalue weighted by molar-refractivity contribution is 6.31. The lowest BCUT2D eigenvalue weighted by Crippen LogP contribution is -2.18. The van der Waals surface area contributed by atoms with Crippen molar-refractivity contribution in [3.63, 3.8) is 0 Å². The van der Waals surface area contributed by atoms with Crippen LogP contribution < -0.4 is 5.32 Å². The molecule has 0 fully saturated rings. The summed E-state index contributed by atoms with van der Waals surface area (Å²) in [6.45, 7) is 1.68. The van der Waals surface area contributed by atoms with Crippen LogP contribution in [0.4, 0.5) is 14.5 Å². The number of fused-ring (bicyclic) bond motifs is 1. The number of nitrogens with one attached hydrogen (secondary N) is 1. The molecule has 4 rings (SSSR count). The highest BCUT2D eigenvalue weighted by atomic mass is 35.5. The van der Waals surface area contributed by atoms with E-state index in [1.54, 1.807) is 25.3 Å². The Labute approximate surface area is 162 Å². The molecule has 2 aromatic carbocycles. The topological polar surface area (TPSA) is 72.2 Å². The zero-order chi connectivity index (χ0) is 19.8. The summed E-state index contributed by atoms with van der Waals surface area (Å²) in [7, 11) is 0. The molecule has 0 aliphatic carbocycles. The first-order chi connectivity index (χ1) is 13.4. The fraction of sp³-hybridized carbons (Fsp3) is 0.0526. The quantitative estimate of drug-likeness (QED) is 0.558. The van der Waals surface area contributed by atoms with E-state index in [1.807, 2.05) is 0 Å². The number of nitrogens with zero attached hydrogens (tertiary/aromatic N) is 4. The van der Waals surface area contributed by atoms with Crippen molar-refractivity contribution in [2.45, 2.75) is 6.92 Å². The fourth-order valence-electron chi connectivity index (χ4n) is 2.76. The van der Waals surface area contributed by atoms with Crippen molar-refractivity contribution in [3.8, 4) is 11.1 Å². The van der Waals surface area contributed by atoms with E-state index in [2.05, 4.69) is 20.6 Å². The van der Waals surface area contributed by atoms with Crippen molar-refractivity contribution in [1.82, 2.24) is 19.8 Å². The summed E-state index contributed by atoms with van der Waals surface area (Å²) in [5.74, 6) is -1.46. The lowest BCUT2D eigenvalue weighted by atomic mass is 10.1. The predicted molar refractivity (Wildman–Crippen MR) is 100 cm³/mol. The molecule has 28 heavy (non-hydrogen) atoms. The summed E-state index contributed by atoms with van der Waals surface area (Å²) in [6, 6.07) is 9.76. The molecule has 9 heteroatoms. The van der Waals surface area contributed by atoms with Gasteiger partial charge in [-0.1, -0.05) is 23.7 Å². The normalized spacial score (nSPS) is 11.0. The SMILES string of the molecule is Cc1c(C(=O)Nc2ccc(F)c(Cl)c2)nnc2c(-c3ccc(F)cc3)cnn12. The Morgan fingerprint density at radius 2 is 1.86 bits per heavy atom. The van der Waals surface area contributed by atoms with Crippen molar-refractivity contribution in [1.29, 1.82) is 0 Å². The van der Waals surface area contributed by atoms with Crippen molar-refractivity contribution in [2.24, 2.45) is 0 Å². The number of amides is 1. The van der Waals surface area contributed by atoms with E-state index >= 15 is 0 Å². The Balaban J connectivity index is 1.69. The first kappa shape index (κ1) is 18.0. The molecule has 0 unspecified atom stereocenters. The van der Waals surface area contributed by atoms with Gasteiger partial charge in [-0.25, -0.2) is 13.3 Å². The van der Waals surface area contributed by atoms with E-state index < -0.39 is 11.7 Å². The molecule has 0 bridgehead atoms. The summed E-state index contributed by atoms with van der Waals surface area (Å²) in [5, 5.41) is 14.9. The first-order valence-corrected chi connectivity index (χ1v) is 8.55. The molecular formula is C19H12ClF2N5O. The predicted octanol–water partition coefficient (Wildman–Crippen LogP) is 4.28. The molecule has 0 saturated carbocycles. The van der Waals surface area contributed by atoms with E-state index in [-0.39, 0.29) is 16.5 Å². The van der Waals surface area contributed by atoms with E-state index in [0.29, 0.717) is 22.6 Å². The second-order valence-corrected chi connectivity index (χ2v) is 6.42. The lowest BCUT2D eigenvalue weighted by molar-refractivity contribution is 0.102. The monoisotopic (exact) mass is 399 g/mol. The minimum atomic E-state index is -0.582. The molecule has 2 heterocycles. The molecule has 1 amide bonds. The number of halogens is 3. The second kappa shape index (κ2) is 6.97. The van der Waals surface area contributed by atoms with Gasteiger partial charge in [-0.15, -0.1) is 10.2 Å². The number of aryl methyl sites for hydroxylation is 1. The minimum absolute atomic E-state index is 0.0571. The third kappa shape index (κ3) is 3.18. The largest absolute Gasteiger partial charge is 0.320 e. The Kier molecular flexibility index (Phi) is 4.48. The van der Waals surface area contributed by atoms with Gasteiger partial charge in [-0.3, -0.25) is 4.79 Å². The van der Waals surface area contributed by atoms with Crippen LogP contribution in [0.2, 0.25) is 5.02 Å². The molecule has 0 saturated heterocycles. The average Bonchev–Trinajstić information content (AvgIpc) is 3.10. The van der Waals surface area contributed by atoms with Crippen LogP contribution in [0.1, 0.15) is 16.2 Å². The molecular weight excluding hydrogens is 388 g/mol.